The summed E-state index contributed by atoms with van der Waals surface area (Å²) in [4.78, 5) is 11.2. The average molecular weight is 265 g/mol. The molecular weight excluding hydrogens is 250 g/mol. The SMILES string of the molecule is CCC(C(=O)O)n1nnc2cc(OC)c(OC)cc21. The van der Waals surface area contributed by atoms with Crippen molar-refractivity contribution < 1.29 is 19.4 Å². The third-order valence-corrected chi connectivity index (χ3v) is 2.94. The Morgan fingerprint density at radius 3 is 2.53 bits per heavy atom. The van der Waals surface area contributed by atoms with E-state index in [1.807, 2.05) is 0 Å². The summed E-state index contributed by atoms with van der Waals surface area (Å²) in [7, 11) is 3.05. The number of ether oxygens (including phenoxy) is 2. The lowest BCUT2D eigenvalue weighted by atomic mass is 10.2. The van der Waals surface area contributed by atoms with Crippen molar-refractivity contribution in [1.29, 1.82) is 0 Å². The summed E-state index contributed by atoms with van der Waals surface area (Å²) < 4.78 is 11.8. The zero-order valence-corrected chi connectivity index (χ0v) is 11.0. The fraction of sp³-hybridized carbons (Fsp3) is 0.417. The Morgan fingerprint density at radius 1 is 1.37 bits per heavy atom. The molecule has 2 rings (SSSR count). The fourth-order valence-corrected chi connectivity index (χ4v) is 1.95. The summed E-state index contributed by atoms with van der Waals surface area (Å²) in [6.45, 7) is 1.78. The summed E-state index contributed by atoms with van der Waals surface area (Å²) in [5.74, 6) is 0.105. The van der Waals surface area contributed by atoms with Crippen molar-refractivity contribution in [2.24, 2.45) is 0 Å². The highest BCUT2D eigenvalue weighted by atomic mass is 16.5. The lowest BCUT2D eigenvalue weighted by Crippen LogP contribution is -2.19. The van der Waals surface area contributed by atoms with Crippen LogP contribution < -0.4 is 9.47 Å². The number of carboxylic acid groups (broad SMARTS) is 1. The second kappa shape index (κ2) is 5.13. The van der Waals surface area contributed by atoms with E-state index in [0.717, 1.165) is 0 Å². The van der Waals surface area contributed by atoms with Gasteiger partial charge in [0.15, 0.2) is 17.5 Å². The minimum absolute atomic E-state index is 0.419. The molecule has 0 spiro atoms. The van der Waals surface area contributed by atoms with Crippen molar-refractivity contribution >= 4 is 17.0 Å². The molecule has 0 fully saturated rings. The molecule has 0 bridgehead atoms. The third kappa shape index (κ3) is 2.18. The molecular formula is C12H15N3O4. The normalized spacial score (nSPS) is 12.4. The van der Waals surface area contributed by atoms with E-state index in [-0.39, 0.29) is 0 Å². The van der Waals surface area contributed by atoms with Gasteiger partial charge in [-0.15, -0.1) is 5.10 Å². The van der Waals surface area contributed by atoms with Crippen LogP contribution in [0.15, 0.2) is 12.1 Å². The quantitative estimate of drug-likeness (QED) is 0.881. The molecule has 1 aromatic heterocycles. The van der Waals surface area contributed by atoms with Crippen LogP contribution in [-0.2, 0) is 4.79 Å². The van der Waals surface area contributed by atoms with Crippen LogP contribution in [-0.4, -0.2) is 40.3 Å². The van der Waals surface area contributed by atoms with Crippen LogP contribution in [0.25, 0.3) is 11.0 Å². The van der Waals surface area contributed by atoms with Gasteiger partial charge in [0.25, 0.3) is 0 Å². The van der Waals surface area contributed by atoms with Crippen molar-refractivity contribution in [3.8, 4) is 11.5 Å². The summed E-state index contributed by atoms with van der Waals surface area (Å²) in [5, 5.41) is 17.1. The maximum absolute atomic E-state index is 11.2. The smallest absolute Gasteiger partial charge is 0.328 e. The van der Waals surface area contributed by atoms with Crippen LogP contribution in [0.4, 0.5) is 0 Å². The molecule has 0 aliphatic carbocycles. The van der Waals surface area contributed by atoms with Crippen LogP contribution in [0.2, 0.25) is 0 Å². The average Bonchev–Trinajstić information content (AvgIpc) is 2.80. The number of rotatable bonds is 5. The van der Waals surface area contributed by atoms with Crippen LogP contribution in [0.3, 0.4) is 0 Å². The predicted molar refractivity (Wildman–Crippen MR) is 67.6 cm³/mol. The first-order valence-corrected chi connectivity index (χ1v) is 5.82. The first-order valence-electron chi connectivity index (χ1n) is 5.82. The molecule has 1 aromatic carbocycles. The summed E-state index contributed by atoms with van der Waals surface area (Å²) in [6, 6.07) is 2.61. The van der Waals surface area contributed by atoms with Gasteiger partial charge in [0.05, 0.1) is 19.7 Å². The van der Waals surface area contributed by atoms with E-state index < -0.39 is 12.0 Å². The van der Waals surface area contributed by atoms with Crippen molar-refractivity contribution in [3.63, 3.8) is 0 Å². The van der Waals surface area contributed by atoms with Crippen LogP contribution in [0.5, 0.6) is 11.5 Å². The summed E-state index contributed by atoms with van der Waals surface area (Å²) in [5.41, 5.74) is 1.17. The van der Waals surface area contributed by atoms with Crippen molar-refractivity contribution in [3.05, 3.63) is 12.1 Å². The fourth-order valence-electron chi connectivity index (χ4n) is 1.95. The highest BCUT2D eigenvalue weighted by molar-refractivity contribution is 5.81. The first-order chi connectivity index (χ1) is 9.12. The molecule has 1 N–H and O–H groups in total. The molecule has 1 heterocycles. The van der Waals surface area contributed by atoms with Crippen molar-refractivity contribution in [1.82, 2.24) is 15.0 Å². The van der Waals surface area contributed by atoms with Crippen LogP contribution in [0, 0.1) is 0 Å². The molecule has 0 aliphatic heterocycles. The molecule has 0 aliphatic rings. The second-order valence-electron chi connectivity index (χ2n) is 3.99. The molecule has 2 aromatic rings. The van der Waals surface area contributed by atoms with Crippen LogP contribution >= 0.6 is 0 Å². The zero-order valence-electron chi connectivity index (χ0n) is 11.0. The Hall–Kier alpha value is -2.31. The number of methoxy groups -OCH3 is 2. The lowest BCUT2D eigenvalue weighted by molar-refractivity contribution is -0.141. The molecule has 1 atom stereocenters. The van der Waals surface area contributed by atoms with Gasteiger partial charge in [-0.05, 0) is 6.42 Å². The molecule has 0 amide bonds. The van der Waals surface area contributed by atoms with E-state index in [2.05, 4.69) is 10.3 Å². The molecule has 0 saturated heterocycles. The highest BCUT2D eigenvalue weighted by Gasteiger charge is 2.22. The largest absolute Gasteiger partial charge is 0.493 e. The Kier molecular flexibility index (Phi) is 3.55. The van der Waals surface area contributed by atoms with Gasteiger partial charge in [-0.25, -0.2) is 9.48 Å². The van der Waals surface area contributed by atoms with E-state index in [4.69, 9.17) is 9.47 Å². The van der Waals surface area contributed by atoms with Gasteiger partial charge >= 0.3 is 5.97 Å². The lowest BCUT2D eigenvalue weighted by Gasteiger charge is -2.12. The maximum Gasteiger partial charge on any atom is 0.328 e. The first kappa shape index (κ1) is 13.1. The van der Waals surface area contributed by atoms with E-state index >= 15 is 0 Å². The van der Waals surface area contributed by atoms with Crippen molar-refractivity contribution in [2.45, 2.75) is 19.4 Å². The topological polar surface area (TPSA) is 86.5 Å². The van der Waals surface area contributed by atoms with E-state index in [1.165, 1.54) is 18.9 Å². The van der Waals surface area contributed by atoms with Crippen LogP contribution in [0.1, 0.15) is 19.4 Å². The van der Waals surface area contributed by atoms with Gasteiger partial charge < -0.3 is 14.6 Å². The Morgan fingerprint density at radius 2 is 2.00 bits per heavy atom. The number of nitrogens with zero attached hydrogens (tertiary/aromatic N) is 3. The molecule has 0 saturated carbocycles. The third-order valence-electron chi connectivity index (χ3n) is 2.94. The summed E-state index contributed by atoms with van der Waals surface area (Å²) >= 11 is 0. The number of hydrogen-bond donors (Lipinski definition) is 1. The zero-order chi connectivity index (χ0) is 14.0. The van der Waals surface area contributed by atoms with E-state index in [0.29, 0.717) is 29.0 Å². The predicted octanol–water partition coefficient (Wildman–Crippen LogP) is 1.48. The second-order valence-corrected chi connectivity index (χ2v) is 3.99. The van der Waals surface area contributed by atoms with Gasteiger partial charge in [0, 0.05) is 12.1 Å². The van der Waals surface area contributed by atoms with Gasteiger partial charge in [-0.2, -0.15) is 0 Å². The molecule has 19 heavy (non-hydrogen) atoms. The number of hydrogen-bond acceptors (Lipinski definition) is 5. The minimum Gasteiger partial charge on any atom is -0.493 e. The van der Waals surface area contributed by atoms with Gasteiger partial charge in [0.1, 0.15) is 5.52 Å². The number of fused-ring (bicyclic) bond motifs is 1. The Bertz CT molecular complexity index is 608. The number of carboxylic acids is 1. The number of benzene rings is 1. The molecule has 1 unspecified atom stereocenters. The maximum atomic E-state index is 11.2. The number of aromatic nitrogens is 3. The van der Waals surface area contributed by atoms with Gasteiger partial charge in [-0.3, -0.25) is 0 Å². The van der Waals surface area contributed by atoms with Gasteiger partial charge in [-0.1, -0.05) is 12.1 Å². The number of aliphatic carboxylic acids is 1. The standard InChI is InChI=1S/C12H15N3O4/c1-4-8(12(16)17)15-9-6-11(19-3)10(18-2)5-7(9)13-14-15/h5-6,8H,4H2,1-3H3,(H,16,17). The summed E-state index contributed by atoms with van der Waals surface area (Å²) in [6.07, 6.45) is 0.419. The molecule has 7 heteroatoms. The van der Waals surface area contributed by atoms with Gasteiger partial charge in [0.2, 0.25) is 0 Å². The monoisotopic (exact) mass is 265 g/mol. The molecule has 102 valence electrons. The van der Waals surface area contributed by atoms with E-state index in [1.54, 1.807) is 19.1 Å². The Balaban J connectivity index is 2.62. The number of carbonyl (C=O) groups is 1. The molecule has 0 radical (unpaired) electrons. The van der Waals surface area contributed by atoms with Crippen molar-refractivity contribution in [2.75, 3.05) is 14.2 Å². The van der Waals surface area contributed by atoms with E-state index in [9.17, 15) is 9.90 Å². The molecule has 7 nitrogen and oxygen atoms in total. The Labute approximate surface area is 109 Å². The minimum atomic E-state index is -0.941. The highest BCUT2D eigenvalue weighted by Crippen LogP contribution is 2.32.